The summed E-state index contributed by atoms with van der Waals surface area (Å²) in [4.78, 5) is 13.1. The van der Waals surface area contributed by atoms with Gasteiger partial charge in [-0.2, -0.15) is 0 Å². The van der Waals surface area contributed by atoms with Gasteiger partial charge in [0.25, 0.3) is 5.91 Å². The number of ether oxygens (including phenoxy) is 3. The lowest BCUT2D eigenvalue weighted by Crippen LogP contribution is -2.38. The van der Waals surface area contributed by atoms with Crippen molar-refractivity contribution in [1.82, 2.24) is 0 Å². The van der Waals surface area contributed by atoms with Crippen molar-refractivity contribution >= 4 is 11.6 Å². The maximum absolute atomic E-state index is 13.1. The zero-order chi connectivity index (χ0) is 19.8. The molecule has 0 aromatic heterocycles. The quantitative estimate of drug-likeness (QED) is 0.655. The predicted molar refractivity (Wildman–Crippen MR) is 109 cm³/mol. The molecule has 2 atom stereocenters. The monoisotopic (exact) mass is 377 g/mol. The summed E-state index contributed by atoms with van der Waals surface area (Å²) in [5, 5.41) is 2.99. The number of anilines is 1. The first-order valence-corrected chi connectivity index (χ1v) is 10.1. The number of hydrogen-bond donors (Lipinski definition) is 1. The molecule has 27 heavy (non-hydrogen) atoms. The maximum Gasteiger partial charge on any atom is 0.253 e. The van der Waals surface area contributed by atoms with Gasteiger partial charge in [0.2, 0.25) is 0 Å². The molecule has 1 N–H and O–H groups in total. The second kappa shape index (κ2) is 10.5. The van der Waals surface area contributed by atoms with Crippen molar-refractivity contribution in [3.63, 3.8) is 0 Å². The molecule has 0 bridgehead atoms. The normalized spacial score (nSPS) is 17.4. The summed E-state index contributed by atoms with van der Waals surface area (Å²) in [5.74, 6) is 2.01. The molecule has 1 aromatic rings. The Morgan fingerprint density at radius 2 is 1.81 bits per heavy atom. The van der Waals surface area contributed by atoms with Gasteiger partial charge >= 0.3 is 0 Å². The van der Waals surface area contributed by atoms with Crippen LogP contribution in [-0.2, 0) is 9.53 Å². The van der Waals surface area contributed by atoms with E-state index in [0.717, 1.165) is 6.42 Å². The molecule has 0 aliphatic heterocycles. The molecule has 0 heterocycles. The van der Waals surface area contributed by atoms with E-state index < -0.39 is 6.10 Å². The summed E-state index contributed by atoms with van der Waals surface area (Å²) >= 11 is 0. The summed E-state index contributed by atoms with van der Waals surface area (Å²) in [6.45, 7) is 6.07. The Morgan fingerprint density at radius 3 is 2.41 bits per heavy atom. The van der Waals surface area contributed by atoms with Crippen LogP contribution in [0, 0.1) is 11.8 Å². The van der Waals surface area contributed by atoms with Crippen LogP contribution in [0.4, 0.5) is 5.69 Å². The molecular formula is C22H35NO4. The Morgan fingerprint density at radius 1 is 1.11 bits per heavy atom. The lowest BCUT2D eigenvalue weighted by Gasteiger charge is -2.30. The van der Waals surface area contributed by atoms with E-state index in [-0.39, 0.29) is 17.9 Å². The summed E-state index contributed by atoms with van der Waals surface area (Å²) in [6, 6.07) is 5.37. The molecule has 5 heteroatoms. The Balaban J connectivity index is 2.11. The fourth-order valence-electron chi connectivity index (χ4n) is 3.94. The van der Waals surface area contributed by atoms with Gasteiger partial charge in [-0.25, -0.2) is 0 Å². The molecule has 1 aliphatic rings. The van der Waals surface area contributed by atoms with Gasteiger partial charge in [-0.15, -0.1) is 0 Å². The van der Waals surface area contributed by atoms with Crippen molar-refractivity contribution < 1.29 is 19.0 Å². The van der Waals surface area contributed by atoms with Crippen LogP contribution in [-0.4, -0.2) is 32.3 Å². The molecule has 152 valence electrons. The van der Waals surface area contributed by atoms with Gasteiger partial charge in [-0.1, -0.05) is 39.0 Å². The van der Waals surface area contributed by atoms with Crippen molar-refractivity contribution in [2.45, 2.75) is 71.5 Å². The molecular weight excluding hydrogens is 342 g/mol. The molecule has 2 rings (SSSR count). The first-order chi connectivity index (χ1) is 12.9. The highest BCUT2D eigenvalue weighted by Crippen LogP contribution is 2.33. The molecule has 1 unspecified atom stereocenters. The van der Waals surface area contributed by atoms with E-state index in [1.807, 2.05) is 19.9 Å². The molecule has 1 fully saturated rings. The van der Waals surface area contributed by atoms with Crippen LogP contribution in [0.3, 0.4) is 0 Å². The summed E-state index contributed by atoms with van der Waals surface area (Å²) in [7, 11) is 3.19. The zero-order valence-corrected chi connectivity index (χ0v) is 17.4. The van der Waals surface area contributed by atoms with Crippen LogP contribution in [0.2, 0.25) is 0 Å². The van der Waals surface area contributed by atoms with Crippen LogP contribution in [0.25, 0.3) is 0 Å². The minimum atomic E-state index is -0.483. The Labute approximate surface area is 163 Å². The van der Waals surface area contributed by atoms with Crippen LogP contribution in [0.15, 0.2) is 18.2 Å². The maximum atomic E-state index is 13.1. The lowest BCUT2D eigenvalue weighted by molar-refractivity contribution is -0.134. The highest BCUT2D eigenvalue weighted by molar-refractivity contribution is 5.96. The Hall–Kier alpha value is -1.75. The van der Waals surface area contributed by atoms with Gasteiger partial charge in [0.1, 0.15) is 17.6 Å². The van der Waals surface area contributed by atoms with E-state index in [1.165, 1.54) is 32.1 Å². The van der Waals surface area contributed by atoms with Crippen LogP contribution >= 0.6 is 0 Å². The number of nitrogens with one attached hydrogen (secondary N) is 1. The van der Waals surface area contributed by atoms with Gasteiger partial charge in [0, 0.05) is 6.07 Å². The molecule has 0 radical (unpaired) electrons. The SMILES string of the molecule is COc1ccc(OC)c(NC(=O)C(OC(C)C)[C@H](C)CC2CCCCC2)c1. The fraction of sp³-hybridized carbons (Fsp3) is 0.682. The number of methoxy groups -OCH3 is 2. The zero-order valence-electron chi connectivity index (χ0n) is 17.4. The van der Waals surface area contributed by atoms with E-state index in [4.69, 9.17) is 14.2 Å². The molecule has 1 saturated carbocycles. The number of carbonyl (C=O) groups is 1. The van der Waals surface area contributed by atoms with Gasteiger partial charge in [0.15, 0.2) is 0 Å². The second-order valence-electron chi connectivity index (χ2n) is 7.88. The van der Waals surface area contributed by atoms with Crippen LogP contribution < -0.4 is 14.8 Å². The molecule has 1 aromatic carbocycles. The average Bonchev–Trinajstić information content (AvgIpc) is 2.66. The van der Waals surface area contributed by atoms with Crippen molar-refractivity contribution in [2.24, 2.45) is 11.8 Å². The van der Waals surface area contributed by atoms with Crippen molar-refractivity contribution in [1.29, 1.82) is 0 Å². The lowest BCUT2D eigenvalue weighted by atomic mass is 9.81. The first kappa shape index (κ1) is 21.5. The van der Waals surface area contributed by atoms with Gasteiger partial charge < -0.3 is 19.5 Å². The smallest absolute Gasteiger partial charge is 0.253 e. The van der Waals surface area contributed by atoms with E-state index >= 15 is 0 Å². The van der Waals surface area contributed by atoms with Crippen molar-refractivity contribution in [3.8, 4) is 11.5 Å². The second-order valence-corrected chi connectivity index (χ2v) is 7.88. The fourth-order valence-corrected chi connectivity index (χ4v) is 3.94. The van der Waals surface area contributed by atoms with E-state index in [1.54, 1.807) is 26.4 Å². The molecule has 5 nitrogen and oxygen atoms in total. The third-order valence-electron chi connectivity index (χ3n) is 5.29. The number of benzene rings is 1. The van der Waals surface area contributed by atoms with Gasteiger partial charge in [0.05, 0.1) is 26.0 Å². The number of hydrogen-bond acceptors (Lipinski definition) is 4. The van der Waals surface area contributed by atoms with Crippen LogP contribution in [0.1, 0.15) is 59.3 Å². The van der Waals surface area contributed by atoms with Gasteiger partial charge in [-0.05, 0) is 44.2 Å². The largest absolute Gasteiger partial charge is 0.497 e. The topological polar surface area (TPSA) is 56.8 Å². The Kier molecular flexibility index (Phi) is 8.42. The Bertz CT molecular complexity index is 596. The third-order valence-corrected chi connectivity index (χ3v) is 5.29. The summed E-state index contributed by atoms with van der Waals surface area (Å²) in [6.07, 6.45) is 7.02. The van der Waals surface area contributed by atoms with E-state index in [0.29, 0.717) is 23.1 Å². The number of carbonyl (C=O) groups excluding carboxylic acids is 1. The molecule has 0 spiro atoms. The molecule has 1 amide bonds. The van der Waals surface area contributed by atoms with E-state index in [9.17, 15) is 4.79 Å². The standard InChI is InChI=1S/C22H35NO4/c1-15(2)27-21(16(3)13-17-9-7-6-8-10-17)22(24)23-19-14-18(25-4)11-12-20(19)26-5/h11-12,14-17,21H,6-10,13H2,1-5H3,(H,23,24)/t16-,21?/m1/s1. The van der Waals surface area contributed by atoms with E-state index in [2.05, 4.69) is 12.2 Å². The average molecular weight is 378 g/mol. The number of amides is 1. The summed E-state index contributed by atoms with van der Waals surface area (Å²) in [5.41, 5.74) is 0.601. The molecule has 0 saturated heterocycles. The third kappa shape index (κ3) is 6.42. The first-order valence-electron chi connectivity index (χ1n) is 10.1. The van der Waals surface area contributed by atoms with Crippen molar-refractivity contribution in [3.05, 3.63) is 18.2 Å². The summed E-state index contributed by atoms with van der Waals surface area (Å²) < 4.78 is 16.7. The minimum Gasteiger partial charge on any atom is -0.497 e. The molecule has 1 aliphatic carbocycles. The van der Waals surface area contributed by atoms with Gasteiger partial charge in [-0.3, -0.25) is 4.79 Å². The minimum absolute atomic E-state index is 0.0123. The highest BCUT2D eigenvalue weighted by atomic mass is 16.5. The predicted octanol–water partition coefficient (Wildman–Crippen LogP) is 5.04. The van der Waals surface area contributed by atoms with Crippen molar-refractivity contribution in [2.75, 3.05) is 19.5 Å². The highest BCUT2D eigenvalue weighted by Gasteiger charge is 2.30. The van der Waals surface area contributed by atoms with Crippen LogP contribution in [0.5, 0.6) is 11.5 Å². The number of rotatable bonds is 9.